The van der Waals surface area contributed by atoms with Crippen LogP contribution in [0.15, 0.2) is 21.1 Å². The van der Waals surface area contributed by atoms with Gasteiger partial charge >= 0.3 is 23.9 Å². The minimum atomic E-state index is -0.966. The van der Waals surface area contributed by atoms with Gasteiger partial charge in [0, 0.05) is 42.2 Å². The fraction of sp³-hybridized carbons (Fsp3) is 0.333. The van der Waals surface area contributed by atoms with E-state index in [0.717, 1.165) is 33.4 Å². The maximum Gasteiger partial charge on any atom is 0.303 e. The summed E-state index contributed by atoms with van der Waals surface area (Å²) >= 11 is 7.52. The van der Waals surface area contributed by atoms with Gasteiger partial charge in [0.25, 0.3) is 0 Å². The van der Waals surface area contributed by atoms with E-state index in [1.165, 1.54) is 0 Å². The molecule has 2 aliphatic heterocycles. The molecule has 2 aliphatic rings. The van der Waals surface area contributed by atoms with Gasteiger partial charge in [-0.05, 0) is 142 Å². The van der Waals surface area contributed by atoms with Crippen LogP contribution in [0.2, 0.25) is 0 Å². The van der Waals surface area contributed by atoms with Crippen LogP contribution in [-0.2, 0) is 32.0 Å². The smallest absolute Gasteiger partial charge is 0.303 e. The summed E-state index contributed by atoms with van der Waals surface area (Å²) in [6.07, 6.45) is 0.362. The molecule has 0 radical (unpaired) electrons. The molecule has 14 heteroatoms. The molecule has 5 rings (SSSR count). The van der Waals surface area contributed by atoms with E-state index in [-0.39, 0.29) is 51.4 Å². The normalized spacial score (nSPS) is 12.9. The molecule has 5 heterocycles. The first kappa shape index (κ1) is 36.7. The van der Waals surface area contributed by atoms with Crippen molar-refractivity contribution < 1.29 is 39.6 Å². The third-order valence-corrected chi connectivity index (χ3v) is 10.8. The Kier molecular flexibility index (Phi) is 10.8. The second kappa shape index (κ2) is 14.7. The number of allylic oxidation sites excluding steroid dienone is 4. The predicted molar refractivity (Wildman–Crippen MR) is 197 cm³/mol. The molecule has 0 atom stereocenters. The van der Waals surface area contributed by atoms with Gasteiger partial charge in [0.1, 0.15) is 0 Å². The van der Waals surface area contributed by atoms with E-state index < -0.39 is 23.9 Å². The molecule has 6 N–H and O–H groups in total. The number of hydrogen-bond donors (Lipinski definition) is 6. The molecule has 0 amide bonds. The lowest BCUT2D eigenvalue weighted by Gasteiger charge is -2.07. The lowest BCUT2D eigenvalue weighted by Crippen LogP contribution is -1.98. The summed E-state index contributed by atoms with van der Waals surface area (Å²) in [7, 11) is 0. The second-order valence-electron chi connectivity index (χ2n) is 12.4. The number of aromatic nitrogens is 4. The van der Waals surface area contributed by atoms with E-state index in [1.807, 2.05) is 39.8 Å². The predicted octanol–water partition coefficient (Wildman–Crippen LogP) is 8.08. The zero-order valence-electron chi connectivity index (χ0n) is 27.9. The first-order chi connectivity index (χ1) is 23.6. The maximum absolute atomic E-state index is 11.7. The van der Waals surface area contributed by atoms with Crippen LogP contribution in [-0.4, -0.2) is 64.2 Å². The highest BCUT2D eigenvalue weighted by molar-refractivity contribution is 9.11. The molecule has 3 aromatic heterocycles. The van der Waals surface area contributed by atoms with Crippen LogP contribution in [0.3, 0.4) is 0 Å². The van der Waals surface area contributed by atoms with Crippen LogP contribution >= 0.6 is 31.9 Å². The van der Waals surface area contributed by atoms with Crippen molar-refractivity contribution in [2.75, 3.05) is 0 Å². The highest BCUT2D eigenvalue weighted by Gasteiger charge is 2.28. The molecule has 0 fully saturated rings. The van der Waals surface area contributed by atoms with Crippen LogP contribution < -0.4 is 0 Å². The highest BCUT2D eigenvalue weighted by atomic mass is 79.9. The van der Waals surface area contributed by atoms with Gasteiger partial charge in [-0.2, -0.15) is 0 Å². The van der Waals surface area contributed by atoms with Crippen molar-refractivity contribution in [2.45, 2.75) is 79.1 Å². The molecule has 8 bridgehead atoms. The Hall–Kier alpha value is -4.56. The van der Waals surface area contributed by atoms with Crippen molar-refractivity contribution in [2.24, 2.45) is 0 Å². The monoisotopic (exact) mass is 810 g/mol. The van der Waals surface area contributed by atoms with Gasteiger partial charge in [0.2, 0.25) is 0 Å². The van der Waals surface area contributed by atoms with Crippen molar-refractivity contribution in [3.05, 3.63) is 66.1 Å². The Morgan fingerprint density at radius 3 is 1.62 bits per heavy atom. The van der Waals surface area contributed by atoms with E-state index in [0.29, 0.717) is 64.9 Å². The standard InChI is InChI=1S/C36H36Br2N4O8/c1-15-19(5-9-27(43)44)25-14-24-16(2)21(7-11-29(47)48)35(40-24)32(38)34-18(4)22(8-12-30(49)50)36(42-34)31(37)33-17(3)20(6-10-28(45)46)26(41-33)13-23(15)39-25/h13-14,39,41H,5-12H2,1-4H3,(H,43,44)(H,45,46)(H,47,48)(H,49,50). The average molecular weight is 813 g/mol. The number of H-pyrrole nitrogens is 2. The summed E-state index contributed by atoms with van der Waals surface area (Å²) in [5.74, 6) is -3.82. The van der Waals surface area contributed by atoms with Crippen LogP contribution in [0.5, 0.6) is 0 Å². The fourth-order valence-corrected chi connectivity index (χ4v) is 7.98. The van der Waals surface area contributed by atoms with Gasteiger partial charge in [-0.25, -0.2) is 9.97 Å². The SMILES string of the molecule is CC1=C(CCC(=O)O)c2nc1cc1[nH]c(cc3[nH]c(c(C)c3CCC(=O)O)c(Br)c3nc(c2Br)C(C)=C3CCC(=O)O)c(C)c1CCC(=O)O. The van der Waals surface area contributed by atoms with Crippen molar-refractivity contribution in [3.63, 3.8) is 0 Å². The third-order valence-electron chi connectivity index (χ3n) is 9.30. The summed E-state index contributed by atoms with van der Waals surface area (Å²) in [6.45, 7) is 7.50. The molecule has 0 aromatic carbocycles. The van der Waals surface area contributed by atoms with Crippen molar-refractivity contribution in [3.8, 4) is 0 Å². The Balaban J connectivity index is 1.99. The maximum atomic E-state index is 11.7. The number of aromatic amines is 2. The summed E-state index contributed by atoms with van der Waals surface area (Å²) in [6, 6.07) is 3.73. The van der Waals surface area contributed by atoms with Crippen molar-refractivity contribution >= 4 is 100 Å². The molecule has 0 saturated carbocycles. The number of halogens is 2. The van der Waals surface area contributed by atoms with Crippen LogP contribution in [0.1, 0.15) is 97.4 Å². The molecule has 0 saturated heterocycles. The topological polar surface area (TPSA) is 207 Å². The molecule has 3 aromatic rings. The molecule has 0 unspecified atom stereocenters. The van der Waals surface area contributed by atoms with Gasteiger partial charge in [-0.3, -0.25) is 19.2 Å². The summed E-state index contributed by atoms with van der Waals surface area (Å²) in [4.78, 5) is 63.7. The van der Waals surface area contributed by atoms with Crippen LogP contribution in [0.4, 0.5) is 0 Å². The molecule has 0 aliphatic carbocycles. The lowest BCUT2D eigenvalue weighted by atomic mass is 9.98. The number of carboxylic acid groups (broad SMARTS) is 4. The third kappa shape index (κ3) is 7.31. The van der Waals surface area contributed by atoms with E-state index in [1.54, 1.807) is 0 Å². The Bertz CT molecular complexity index is 2210. The number of nitrogens with zero attached hydrogens (tertiary/aromatic N) is 2. The first-order valence-electron chi connectivity index (χ1n) is 16.0. The number of fused-ring (bicyclic) bond motifs is 8. The highest BCUT2D eigenvalue weighted by Crippen LogP contribution is 2.44. The molecular weight excluding hydrogens is 776 g/mol. The Morgan fingerprint density at radius 2 is 1.06 bits per heavy atom. The molecule has 262 valence electrons. The van der Waals surface area contributed by atoms with E-state index in [9.17, 15) is 39.6 Å². The number of rotatable bonds is 12. The summed E-state index contributed by atoms with van der Waals surface area (Å²) in [5.41, 5.74) is 10.8. The first-order valence-corrected chi connectivity index (χ1v) is 17.6. The average Bonchev–Trinajstić information content (AvgIpc) is 3.73. The molecular formula is C36H36Br2N4O8. The summed E-state index contributed by atoms with van der Waals surface area (Å²) < 4.78 is 1.08. The van der Waals surface area contributed by atoms with Gasteiger partial charge in [0.05, 0.1) is 37.2 Å². The minimum absolute atomic E-state index is 0.105. The van der Waals surface area contributed by atoms with Crippen LogP contribution in [0.25, 0.3) is 44.4 Å². The molecule has 0 spiro atoms. The van der Waals surface area contributed by atoms with E-state index in [2.05, 4.69) is 41.8 Å². The second-order valence-corrected chi connectivity index (χ2v) is 14.0. The molecule has 12 nitrogen and oxygen atoms in total. The number of aliphatic carboxylic acids is 4. The minimum Gasteiger partial charge on any atom is -0.481 e. The number of aryl methyl sites for hydroxylation is 4. The molecule has 50 heavy (non-hydrogen) atoms. The van der Waals surface area contributed by atoms with E-state index >= 15 is 0 Å². The zero-order valence-corrected chi connectivity index (χ0v) is 31.1. The number of carbonyl (C=O) groups is 4. The van der Waals surface area contributed by atoms with Crippen molar-refractivity contribution in [1.82, 2.24) is 19.9 Å². The number of carboxylic acids is 4. The van der Waals surface area contributed by atoms with Crippen LogP contribution in [0, 0.1) is 13.8 Å². The number of hydrogen-bond acceptors (Lipinski definition) is 6. The Morgan fingerprint density at radius 1 is 0.580 bits per heavy atom. The number of nitrogens with one attached hydrogen (secondary N) is 2. The zero-order chi connectivity index (χ0) is 36.6. The Labute approximate surface area is 303 Å². The van der Waals surface area contributed by atoms with Gasteiger partial charge in [-0.15, -0.1) is 0 Å². The van der Waals surface area contributed by atoms with Gasteiger partial charge in [0.15, 0.2) is 0 Å². The lowest BCUT2D eigenvalue weighted by molar-refractivity contribution is -0.138. The van der Waals surface area contributed by atoms with Gasteiger partial charge in [-0.1, -0.05) is 0 Å². The van der Waals surface area contributed by atoms with Gasteiger partial charge < -0.3 is 30.4 Å². The van der Waals surface area contributed by atoms with E-state index in [4.69, 9.17) is 9.97 Å². The quantitative estimate of drug-likeness (QED) is 0.104. The van der Waals surface area contributed by atoms with Crippen molar-refractivity contribution in [1.29, 1.82) is 0 Å². The largest absolute Gasteiger partial charge is 0.481 e. The fourth-order valence-electron chi connectivity index (χ4n) is 6.55. The summed E-state index contributed by atoms with van der Waals surface area (Å²) in [5, 5.41) is 38.3.